The molecule has 18 heavy (non-hydrogen) atoms. The van der Waals surface area contributed by atoms with Crippen LogP contribution < -0.4 is 5.73 Å². The summed E-state index contributed by atoms with van der Waals surface area (Å²) in [5.41, 5.74) is 6.04. The molecule has 2 atom stereocenters. The Hall–Kier alpha value is -0.960. The molecular weight excluding hydrogens is 256 g/mol. The molecular formula is C10H16N4O3S. The van der Waals surface area contributed by atoms with Crippen molar-refractivity contribution in [3.63, 3.8) is 0 Å². The van der Waals surface area contributed by atoms with Crippen LogP contribution in [0.3, 0.4) is 0 Å². The molecule has 8 heteroatoms. The molecule has 1 aromatic rings. The van der Waals surface area contributed by atoms with Gasteiger partial charge in [0.1, 0.15) is 0 Å². The Morgan fingerprint density at radius 2 is 2.11 bits per heavy atom. The fourth-order valence-corrected chi connectivity index (χ4v) is 4.19. The lowest BCUT2D eigenvalue weighted by molar-refractivity contribution is -0.0115. The summed E-state index contributed by atoms with van der Waals surface area (Å²) >= 11 is 0. The molecule has 3 rings (SSSR count). The number of nitrogens with zero attached hydrogens (tertiary/aromatic N) is 2. The molecule has 0 aliphatic carbocycles. The zero-order valence-electron chi connectivity index (χ0n) is 9.87. The van der Waals surface area contributed by atoms with Crippen molar-refractivity contribution in [3.05, 3.63) is 11.8 Å². The van der Waals surface area contributed by atoms with E-state index in [1.165, 1.54) is 10.5 Å². The molecule has 2 unspecified atom stereocenters. The Bertz CT molecular complexity index is 529. The van der Waals surface area contributed by atoms with E-state index in [-0.39, 0.29) is 23.8 Å². The van der Waals surface area contributed by atoms with Gasteiger partial charge in [0.25, 0.3) is 10.0 Å². The summed E-state index contributed by atoms with van der Waals surface area (Å²) < 4.78 is 32.1. The van der Waals surface area contributed by atoms with Crippen LogP contribution >= 0.6 is 0 Å². The average molecular weight is 272 g/mol. The van der Waals surface area contributed by atoms with E-state index < -0.39 is 10.0 Å². The minimum Gasteiger partial charge on any atom is -0.372 e. The number of hydrogen-bond acceptors (Lipinski definition) is 5. The molecule has 7 nitrogen and oxygen atoms in total. The highest BCUT2D eigenvalue weighted by Crippen LogP contribution is 2.30. The Kier molecular flexibility index (Phi) is 2.89. The highest BCUT2D eigenvalue weighted by atomic mass is 32.2. The predicted molar refractivity (Wildman–Crippen MR) is 63.1 cm³/mol. The quantitative estimate of drug-likeness (QED) is 0.766. The molecule has 2 aliphatic heterocycles. The van der Waals surface area contributed by atoms with Gasteiger partial charge < -0.3 is 10.5 Å². The van der Waals surface area contributed by atoms with Crippen LogP contribution in [-0.2, 0) is 21.3 Å². The van der Waals surface area contributed by atoms with Crippen molar-refractivity contribution in [2.75, 3.05) is 13.1 Å². The molecule has 2 saturated heterocycles. The first-order chi connectivity index (χ1) is 8.61. The number of hydrogen-bond donors (Lipinski definition) is 2. The highest BCUT2D eigenvalue weighted by molar-refractivity contribution is 7.89. The largest absolute Gasteiger partial charge is 0.372 e. The fourth-order valence-electron chi connectivity index (χ4n) is 2.57. The first-order valence-electron chi connectivity index (χ1n) is 5.99. The average Bonchev–Trinajstić information content (AvgIpc) is 2.96. The van der Waals surface area contributed by atoms with Gasteiger partial charge in [-0.25, -0.2) is 8.42 Å². The van der Waals surface area contributed by atoms with Crippen LogP contribution in [0, 0.1) is 0 Å². The number of sulfonamides is 1. The standard InChI is InChI=1S/C10H16N4O3S/c11-3-7-4-12-13-10(7)18(15,16)14-5-8-1-2-9(6-14)17-8/h4,8-9H,1-3,5-6,11H2,(H,12,13). The van der Waals surface area contributed by atoms with Crippen molar-refractivity contribution in [2.45, 2.75) is 36.6 Å². The van der Waals surface area contributed by atoms with Crippen LogP contribution in [0.1, 0.15) is 18.4 Å². The van der Waals surface area contributed by atoms with Crippen molar-refractivity contribution in [2.24, 2.45) is 5.73 Å². The molecule has 1 aromatic heterocycles. The maximum atomic E-state index is 12.5. The van der Waals surface area contributed by atoms with Crippen molar-refractivity contribution >= 4 is 10.0 Å². The van der Waals surface area contributed by atoms with Gasteiger partial charge in [-0.1, -0.05) is 0 Å². The normalized spacial score (nSPS) is 28.7. The molecule has 0 radical (unpaired) electrons. The van der Waals surface area contributed by atoms with Crippen molar-refractivity contribution in [1.82, 2.24) is 14.5 Å². The maximum absolute atomic E-state index is 12.5. The van der Waals surface area contributed by atoms with Crippen LogP contribution in [0.15, 0.2) is 11.2 Å². The number of H-pyrrole nitrogens is 1. The van der Waals surface area contributed by atoms with E-state index in [1.807, 2.05) is 0 Å². The Labute approximate surface area is 105 Å². The molecule has 3 heterocycles. The molecule has 2 fully saturated rings. The SMILES string of the molecule is NCc1cn[nH]c1S(=O)(=O)N1CC2CCC(C1)O2. The van der Waals surface area contributed by atoms with Gasteiger partial charge in [0.15, 0.2) is 5.03 Å². The third-order valence-corrected chi connectivity index (χ3v) is 5.35. The summed E-state index contributed by atoms with van der Waals surface area (Å²) in [5.74, 6) is 0. The van der Waals surface area contributed by atoms with Gasteiger partial charge in [-0.3, -0.25) is 5.10 Å². The Morgan fingerprint density at radius 1 is 1.44 bits per heavy atom. The van der Waals surface area contributed by atoms with Crippen LogP contribution in [0.2, 0.25) is 0 Å². The van der Waals surface area contributed by atoms with Crippen molar-refractivity contribution in [1.29, 1.82) is 0 Å². The predicted octanol–water partition coefficient (Wildman–Crippen LogP) is -0.580. The second-order valence-electron chi connectivity index (χ2n) is 4.71. The smallest absolute Gasteiger partial charge is 0.260 e. The van der Waals surface area contributed by atoms with Gasteiger partial charge in [0.2, 0.25) is 0 Å². The monoisotopic (exact) mass is 272 g/mol. The summed E-state index contributed by atoms with van der Waals surface area (Å²) in [6.07, 6.45) is 3.39. The van der Waals surface area contributed by atoms with Gasteiger partial charge in [-0.15, -0.1) is 0 Å². The molecule has 0 amide bonds. The molecule has 100 valence electrons. The van der Waals surface area contributed by atoms with E-state index >= 15 is 0 Å². The number of aromatic nitrogens is 2. The van der Waals surface area contributed by atoms with Crippen LogP contribution in [-0.4, -0.2) is 48.2 Å². The van der Waals surface area contributed by atoms with E-state index in [1.54, 1.807) is 0 Å². The number of morpholine rings is 1. The summed E-state index contributed by atoms with van der Waals surface area (Å²) in [5, 5.41) is 6.43. The zero-order valence-corrected chi connectivity index (χ0v) is 10.7. The molecule has 0 saturated carbocycles. The first kappa shape index (κ1) is 12.1. The molecule has 3 N–H and O–H groups in total. The van der Waals surface area contributed by atoms with Gasteiger partial charge >= 0.3 is 0 Å². The minimum atomic E-state index is -3.53. The van der Waals surface area contributed by atoms with Gasteiger partial charge in [-0.05, 0) is 12.8 Å². The molecule has 0 spiro atoms. The second-order valence-corrected chi connectivity index (χ2v) is 6.58. The summed E-state index contributed by atoms with van der Waals surface area (Å²) in [6.45, 7) is 0.992. The zero-order chi connectivity index (χ0) is 12.8. The molecule has 2 aliphatic rings. The van der Waals surface area contributed by atoms with Gasteiger partial charge in [-0.2, -0.15) is 9.40 Å². The first-order valence-corrected chi connectivity index (χ1v) is 7.43. The molecule has 2 bridgehead atoms. The Balaban J connectivity index is 1.91. The summed E-state index contributed by atoms with van der Waals surface area (Å²) in [6, 6.07) is 0. The minimum absolute atomic E-state index is 0.0303. The number of aromatic amines is 1. The lowest BCUT2D eigenvalue weighted by Gasteiger charge is -2.30. The highest BCUT2D eigenvalue weighted by Gasteiger charge is 2.40. The molecule has 0 aromatic carbocycles. The lowest BCUT2D eigenvalue weighted by atomic mass is 10.2. The maximum Gasteiger partial charge on any atom is 0.260 e. The summed E-state index contributed by atoms with van der Waals surface area (Å²) in [4.78, 5) is 0. The number of fused-ring (bicyclic) bond motifs is 2. The topological polar surface area (TPSA) is 101 Å². The number of nitrogens with one attached hydrogen (secondary N) is 1. The number of nitrogens with two attached hydrogens (primary N) is 1. The van der Waals surface area contributed by atoms with Crippen molar-refractivity contribution in [3.8, 4) is 0 Å². The van der Waals surface area contributed by atoms with E-state index in [0.717, 1.165) is 12.8 Å². The van der Waals surface area contributed by atoms with Gasteiger partial charge in [0, 0.05) is 25.2 Å². The van der Waals surface area contributed by atoms with Gasteiger partial charge in [0.05, 0.1) is 18.4 Å². The summed E-state index contributed by atoms with van der Waals surface area (Å²) in [7, 11) is -3.53. The number of ether oxygens (including phenoxy) is 1. The van der Waals surface area contributed by atoms with E-state index in [9.17, 15) is 8.42 Å². The van der Waals surface area contributed by atoms with Crippen LogP contribution in [0.5, 0.6) is 0 Å². The van der Waals surface area contributed by atoms with Crippen LogP contribution in [0.4, 0.5) is 0 Å². The van der Waals surface area contributed by atoms with Crippen molar-refractivity contribution < 1.29 is 13.2 Å². The van der Waals surface area contributed by atoms with E-state index in [2.05, 4.69) is 10.2 Å². The van der Waals surface area contributed by atoms with Crippen LogP contribution in [0.25, 0.3) is 0 Å². The third-order valence-electron chi connectivity index (χ3n) is 3.51. The second kappa shape index (κ2) is 4.30. The fraction of sp³-hybridized carbons (Fsp3) is 0.700. The van der Waals surface area contributed by atoms with E-state index in [0.29, 0.717) is 18.7 Å². The third kappa shape index (κ3) is 1.85. The number of rotatable bonds is 3. The van der Waals surface area contributed by atoms with E-state index in [4.69, 9.17) is 10.5 Å². The lowest BCUT2D eigenvalue weighted by Crippen LogP contribution is -2.46. The Morgan fingerprint density at radius 3 is 2.72 bits per heavy atom.